The number of rotatable bonds is 9. The molecule has 0 atom stereocenters. The third kappa shape index (κ3) is 7.01. The maximum Gasteiger partial charge on any atom is 0.277 e. The van der Waals surface area contributed by atoms with E-state index in [0.717, 1.165) is 15.6 Å². The molecule has 0 aliphatic rings. The highest BCUT2D eigenvalue weighted by Gasteiger charge is 2.07. The molecule has 160 valence electrons. The second kappa shape index (κ2) is 11.4. The Bertz CT molecular complexity index is 1060. The number of methoxy groups -OCH3 is 1. The first-order valence-electron chi connectivity index (χ1n) is 9.29. The summed E-state index contributed by atoms with van der Waals surface area (Å²) in [6.45, 7) is 0.231. The van der Waals surface area contributed by atoms with Gasteiger partial charge >= 0.3 is 0 Å². The number of hydrogen-bond donors (Lipinski definition) is 1. The van der Waals surface area contributed by atoms with Gasteiger partial charge < -0.3 is 14.2 Å². The van der Waals surface area contributed by atoms with Gasteiger partial charge in [-0.1, -0.05) is 35.9 Å². The van der Waals surface area contributed by atoms with Crippen LogP contribution in [0.3, 0.4) is 0 Å². The minimum absolute atomic E-state index is 0.152. The molecular formula is C23H20BrClN2O4. The van der Waals surface area contributed by atoms with Crippen molar-refractivity contribution in [3.05, 3.63) is 87.4 Å². The van der Waals surface area contributed by atoms with E-state index in [1.165, 1.54) is 6.21 Å². The lowest BCUT2D eigenvalue weighted by Gasteiger charge is -2.11. The van der Waals surface area contributed by atoms with E-state index < -0.39 is 0 Å². The highest BCUT2D eigenvalue weighted by molar-refractivity contribution is 9.10. The molecule has 3 aromatic carbocycles. The molecule has 0 aliphatic carbocycles. The summed E-state index contributed by atoms with van der Waals surface area (Å²) in [6.07, 6.45) is 1.52. The van der Waals surface area contributed by atoms with E-state index in [1.54, 1.807) is 25.3 Å². The van der Waals surface area contributed by atoms with Crippen molar-refractivity contribution in [1.82, 2.24) is 5.43 Å². The Balaban J connectivity index is 1.52. The van der Waals surface area contributed by atoms with E-state index in [4.69, 9.17) is 25.8 Å². The molecule has 1 amide bonds. The molecule has 0 saturated heterocycles. The van der Waals surface area contributed by atoms with Gasteiger partial charge in [-0.15, -0.1) is 0 Å². The second-order valence-electron chi connectivity index (χ2n) is 6.34. The van der Waals surface area contributed by atoms with Crippen molar-refractivity contribution in [2.24, 2.45) is 5.10 Å². The minimum Gasteiger partial charge on any atom is -0.493 e. The summed E-state index contributed by atoms with van der Waals surface area (Å²) in [4.78, 5) is 11.9. The zero-order valence-electron chi connectivity index (χ0n) is 16.7. The van der Waals surface area contributed by atoms with E-state index in [1.807, 2.05) is 48.5 Å². The van der Waals surface area contributed by atoms with Crippen molar-refractivity contribution in [3.63, 3.8) is 0 Å². The van der Waals surface area contributed by atoms with Gasteiger partial charge in [0.1, 0.15) is 12.4 Å². The lowest BCUT2D eigenvalue weighted by atomic mass is 10.2. The molecule has 0 fully saturated rings. The SMILES string of the molecule is COc1cc(/C=N/NC(=O)COc2ccccc2Br)ccc1OCc1ccc(Cl)cc1. The lowest BCUT2D eigenvalue weighted by molar-refractivity contribution is -0.123. The number of hydrogen-bond acceptors (Lipinski definition) is 5. The van der Waals surface area contributed by atoms with Crippen LogP contribution < -0.4 is 19.6 Å². The average Bonchev–Trinajstić information content (AvgIpc) is 2.78. The van der Waals surface area contributed by atoms with Gasteiger partial charge in [0.15, 0.2) is 18.1 Å². The summed E-state index contributed by atoms with van der Waals surface area (Å²) >= 11 is 9.26. The Morgan fingerprint density at radius 1 is 1.03 bits per heavy atom. The summed E-state index contributed by atoms with van der Waals surface area (Å²) in [5.74, 6) is 1.37. The summed E-state index contributed by atoms with van der Waals surface area (Å²) in [5, 5.41) is 4.64. The molecule has 8 heteroatoms. The number of nitrogens with one attached hydrogen (secondary N) is 1. The van der Waals surface area contributed by atoms with Crippen molar-refractivity contribution in [2.75, 3.05) is 13.7 Å². The second-order valence-corrected chi connectivity index (χ2v) is 7.63. The zero-order chi connectivity index (χ0) is 22.1. The monoisotopic (exact) mass is 502 g/mol. The van der Waals surface area contributed by atoms with Crippen molar-refractivity contribution in [2.45, 2.75) is 6.61 Å². The Morgan fingerprint density at radius 2 is 1.81 bits per heavy atom. The number of benzene rings is 3. The minimum atomic E-state index is -0.373. The highest BCUT2D eigenvalue weighted by Crippen LogP contribution is 2.28. The van der Waals surface area contributed by atoms with Crippen LogP contribution in [-0.4, -0.2) is 25.8 Å². The summed E-state index contributed by atoms with van der Waals surface area (Å²) in [7, 11) is 1.56. The predicted molar refractivity (Wildman–Crippen MR) is 124 cm³/mol. The Labute approximate surface area is 193 Å². The van der Waals surface area contributed by atoms with Gasteiger partial charge in [-0.2, -0.15) is 5.10 Å². The number of hydrazone groups is 1. The standard InChI is InChI=1S/C23H20BrClN2O4/c1-29-22-12-17(8-11-21(22)30-14-16-6-9-18(25)10-7-16)13-26-27-23(28)15-31-20-5-3-2-4-19(20)24/h2-13H,14-15H2,1H3,(H,27,28)/b26-13+. The van der Waals surface area contributed by atoms with Gasteiger partial charge in [-0.05, 0) is 69.5 Å². The van der Waals surface area contributed by atoms with Gasteiger partial charge in [0.05, 0.1) is 17.8 Å². The predicted octanol–water partition coefficient (Wildman–Crippen LogP) is 5.22. The fourth-order valence-corrected chi connectivity index (χ4v) is 3.07. The fourth-order valence-electron chi connectivity index (χ4n) is 2.54. The van der Waals surface area contributed by atoms with Crippen LogP contribution in [0.25, 0.3) is 0 Å². The normalized spacial score (nSPS) is 10.7. The van der Waals surface area contributed by atoms with E-state index in [2.05, 4.69) is 26.5 Å². The molecule has 0 unspecified atom stereocenters. The van der Waals surface area contributed by atoms with Gasteiger partial charge in [-0.25, -0.2) is 5.43 Å². The van der Waals surface area contributed by atoms with Crippen LogP contribution in [0.15, 0.2) is 76.3 Å². The fraction of sp³-hybridized carbons (Fsp3) is 0.130. The lowest BCUT2D eigenvalue weighted by Crippen LogP contribution is -2.24. The first-order chi connectivity index (χ1) is 15.0. The Hall–Kier alpha value is -3.03. The molecule has 31 heavy (non-hydrogen) atoms. The molecule has 0 spiro atoms. The van der Waals surface area contributed by atoms with Crippen molar-refractivity contribution in [3.8, 4) is 17.2 Å². The van der Waals surface area contributed by atoms with E-state index in [9.17, 15) is 4.79 Å². The van der Waals surface area contributed by atoms with Crippen LogP contribution in [-0.2, 0) is 11.4 Å². The quantitative estimate of drug-likeness (QED) is 0.321. The van der Waals surface area contributed by atoms with Crippen molar-refractivity contribution in [1.29, 1.82) is 0 Å². The van der Waals surface area contributed by atoms with E-state index in [0.29, 0.717) is 28.9 Å². The van der Waals surface area contributed by atoms with Crippen LogP contribution in [0, 0.1) is 0 Å². The zero-order valence-corrected chi connectivity index (χ0v) is 19.0. The first kappa shape index (κ1) is 22.7. The topological polar surface area (TPSA) is 69.2 Å². The molecular weight excluding hydrogens is 484 g/mol. The third-order valence-corrected chi connectivity index (χ3v) is 5.00. The van der Waals surface area contributed by atoms with Gasteiger partial charge in [0.25, 0.3) is 5.91 Å². The molecule has 6 nitrogen and oxygen atoms in total. The first-order valence-corrected chi connectivity index (χ1v) is 10.5. The molecule has 1 N–H and O–H groups in total. The molecule has 0 bridgehead atoms. The smallest absolute Gasteiger partial charge is 0.277 e. The summed E-state index contributed by atoms with van der Waals surface area (Å²) < 4.78 is 17.5. The third-order valence-electron chi connectivity index (χ3n) is 4.09. The molecule has 0 aliphatic heterocycles. The summed E-state index contributed by atoms with van der Waals surface area (Å²) in [5.41, 5.74) is 4.16. The maximum absolute atomic E-state index is 11.9. The number of carbonyl (C=O) groups excluding carboxylic acids is 1. The Kier molecular flexibility index (Phi) is 8.32. The highest BCUT2D eigenvalue weighted by atomic mass is 79.9. The molecule has 3 rings (SSSR count). The van der Waals surface area contributed by atoms with Crippen LogP contribution in [0.2, 0.25) is 5.02 Å². The summed E-state index contributed by atoms with van der Waals surface area (Å²) in [6, 6.07) is 20.1. The number of halogens is 2. The largest absolute Gasteiger partial charge is 0.493 e. The van der Waals surface area contributed by atoms with E-state index >= 15 is 0 Å². The van der Waals surface area contributed by atoms with Crippen LogP contribution in [0.5, 0.6) is 17.2 Å². The van der Waals surface area contributed by atoms with Crippen LogP contribution >= 0.6 is 27.5 Å². The number of amides is 1. The van der Waals surface area contributed by atoms with Crippen molar-refractivity contribution >= 4 is 39.7 Å². The number of nitrogens with zero attached hydrogens (tertiary/aromatic N) is 1. The Morgan fingerprint density at radius 3 is 2.55 bits per heavy atom. The maximum atomic E-state index is 11.9. The number of para-hydroxylation sites is 1. The molecule has 0 saturated carbocycles. The van der Waals surface area contributed by atoms with Crippen LogP contribution in [0.1, 0.15) is 11.1 Å². The number of carbonyl (C=O) groups is 1. The number of ether oxygens (including phenoxy) is 3. The van der Waals surface area contributed by atoms with Gasteiger partial charge in [0.2, 0.25) is 0 Å². The van der Waals surface area contributed by atoms with E-state index in [-0.39, 0.29) is 12.5 Å². The molecule has 0 aromatic heterocycles. The molecule has 0 heterocycles. The average molecular weight is 504 g/mol. The molecule has 3 aromatic rings. The van der Waals surface area contributed by atoms with Crippen molar-refractivity contribution < 1.29 is 19.0 Å². The van der Waals surface area contributed by atoms with Gasteiger partial charge in [0, 0.05) is 5.02 Å². The van der Waals surface area contributed by atoms with Crippen LogP contribution in [0.4, 0.5) is 0 Å². The molecule has 0 radical (unpaired) electrons. The van der Waals surface area contributed by atoms with Gasteiger partial charge in [-0.3, -0.25) is 4.79 Å².